The van der Waals surface area contributed by atoms with Crippen molar-refractivity contribution >= 4 is 5.82 Å². The van der Waals surface area contributed by atoms with Crippen LogP contribution in [0.4, 0.5) is 5.82 Å². The molecule has 0 amide bonds. The van der Waals surface area contributed by atoms with Gasteiger partial charge < -0.3 is 11.1 Å². The summed E-state index contributed by atoms with van der Waals surface area (Å²) in [4.78, 5) is 4.15. The first-order chi connectivity index (χ1) is 7.70. The summed E-state index contributed by atoms with van der Waals surface area (Å²) in [5.74, 6) is 0.621. The van der Waals surface area contributed by atoms with Crippen molar-refractivity contribution in [3.05, 3.63) is 36.0 Å². The SMILES string of the molecule is C=CCC(NCCC)c1c(C)ccnc1N. The number of anilines is 1. The number of hydrogen-bond donors (Lipinski definition) is 2. The number of nitrogens with zero attached hydrogens (tertiary/aromatic N) is 1. The standard InChI is InChI=1S/C13H21N3/c1-4-6-11(15-8-5-2)12-10(3)7-9-16-13(12)14/h4,7,9,11,15H,1,5-6,8H2,2-3H3,(H2,14,16). The fourth-order valence-electron chi connectivity index (χ4n) is 1.83. The van der Waals surface area contributed by atoms with E-state index in [1.807, 2.05) is 12.1 Å². The highest BCUT2D eigenvalue weighted by Crippen LogP contribution is 2.25. The minimum Gasteiger partial charge on any atom is -0.383 e. The van der Waals surface area contributed by atoms with Crippen LogP contribution in [0.2, 0.25) is 0 Å². The molecular weight excluding hydrogens is 198 g/mol. The monoisotopic (exact) mass is 219 g/mol. The van der Waals surface area contributed by atoms with E-state index in [9.17, 15) is 0 Å². The Morgan fingerprint density at radius 2 is 2.38 bits per heavy atom. The molecule has 1 unspecified atom stereocenters. The van der Waals surface area contributed by atoms with Gasteiger partial charge in [0.15, 0.2) is 0 Å². The molecule has 3 N–H and O–H groups in total. The molecule has 3 heteroatoms. The predicted octanol–water partition coefficient (Wildman–Crippen LogP) is 2.59. The normalized spacial score (nSPS) is 12.4. The van der Waals surface area contributed by atoms with E-state index < -0.39 is 0 Å². The molecular formula is C13H21N3. The molecule has 0 saturated carbocycles. The fourth-order valence-corrected chi connectivity index (χ4v) is 1.83. The van der Waals surface area contributed by atoms with E-state index in [1.54, 1.807) is 6.20 Å². The number of hydrogen-bond acceptors (Lipinski definition) is 3. The van der Waals surface area contributed by atoms with Crippen molar-refractivity contribution in [2.75, 3.05) is 12.3 Å². The molecule has 1 aromatic heterocycles. The summed E-state index contributed by atoms with van der Waals surface area (Å²) in [5.41, 5.74) is 8.23. The molecule has 1 atom stereocenters. The molecule has 0 bridgehead atoms. The molecule has 1 rings (SSSR count). The molecule has 0 saturated heterocycles. The van der Waals surface area contributed by atoms with E-state index in [4.69, 9.17) is 5.73 Å². The van der Waals surface area contributed by atoms with Crippen LogP contribution in [0.15, 0.2) is 24.9 Å². The van der Waals surface area contributed by atoms with Gasteiger partial charge in [-0.2, -0.15) is 0 Å². The maximum Gasteiger partial charge on any atom is 0.128 e. The summed E-state index contributed by atoms with van der Waals surface area (Å²) in [6.07, 6.45) is 5.64. The number of pyridine rings is 1. The maximum atomic E-state index is 5.94. The lowest BCUT2D eigenvalue weighted by atomic mass is 9.99. The summed E-state index contributed by atoms with van der Waals surface area (Å²) in [6, 6.07) is 2.22. The van der Waals surface area contributed by atoms with E-state index in [-0.39, 0.29) is 6.04 Å². The summed E-state index contributed by atoms with van der Waals surface area (Å²) in [7, 11) is 0. The molecule has 0 fully saturated rings. The Hall–Kier alpha value is -1.35. The lowest BCUT2D eigenvalue weighted by Gasteiger charge is -2.20. The Labute approximate surface area is 97.8 Å². The van der Waals surface area contributed by atoms with Crippen LogP contribution < -0.4 is 11.1 Å². The van der Waals surface area contributed by atoms with Crippen LogP contribution >= 0.6 is 0 Å². The Morgan fingerprint density at radius 1 is 1.62 bits per heavy atom. The summed E-state index contributed by atoms with van der Waals surface area (Å²) < 4.78 is 0. The van der Waals surface area contributed by atoms with Gasteiger partial charge in [-0.1, -0.05) is 13.0 Å². The second-order valence-electron chi connectivity index (χ2n) is 3.96. The zero-order chi connectivity index (χ0) is 12.0. The molecule has 16 heavy (non-hydrogen) atoms. The van der Waals surface area contributed by atoms with Gasteiger partial charge in [0.2, 0.25) is 0 Å². The lowest BCUT2D eigenvalue weighted by Crippen LogP contribution is -2.23. The highest BCUT2D eigenvalue weighted by molar-refractivity contribution is 5.46. The van der Waals surface area contributed by atoms with Crippen molar-refractivity contribution in [2.45, 2.75) is 32.7 Å². The van der Waals surface area contributed by atoms with E-state index >= 15 is 0 Å². The second-order valence-corrected chi connectivity index (χ2v) is 3.96. The average molecular weight is 219 g/mol. The third-order valence-electron chi connectivity index (χ3n) is 2.63. The van der Waals surface area contributed by atoms with Crippen molar-refractivity contribution in [2.24, 2.45) is 0 Å². The van der Waals surface area contributed by atoms with Crippen LogP contribution in [-0.2, 0) is 0 Å². The van der Waals surface area contributed by atoms with Gasteiger partial charge in [0.05, 0.1) is 0 Å². The minimum absolute atomic E-state index is 0.228. The minimum atomic E-state index is 0.228. The number of aromatic nitrogens is 1. The Bertz CT molecular complexity index is 327. The first-order valence-electron chi connectivity index (χ1n) is 5.76. The van der Waals surface area contributed by atoms with Crippen molar-refractivity contribution in [3.63, 3.8) is 0 Å². The molecule has 0 aliphatic rings. The molecule has 88 valence electrons. The maximum absolute atomic E-state index is 5.94. The summed E-state index contributed by atoms with van der Waals surface area (Å²) >= 11 is 0. The van der Waals surface area contributed by atoms with Gasteiger partial charge in [0, 0.05) is 17.8 Å². The largest absolute Gasteiger partial charge is 0.383 e. The van der Waals surface area contributed by atoms with E-state index in [0.29, 0.717) is 5.82 Å². The molecule has 0 spiro atoms. The van der Waals surface area contributed by atoms with Gasteiger partial charge in [-0.25, -0.2) is 4.98 Å². The van der Waals surface area contributed by atoms with Crippen LogP contribution in [0.3, 0.4) is 0 Å². The number of aryl methyl sites for hydroxylation is 1. The van der Waals surface area contributed by atoms with E-state index in [0.717, 1.165) is 24.9 Å². The first kappa shape index (κ1) is 12.7. The van der Waals surface area contributed by atoms with Gasteiger partial charge in [-0.15, -0.1) is 6.58 Å². The molecule has 0 aliphatic heterocycles. The fraction of sp³-hybridized carbons (Fsp3) is 0.462. The second kappa shape index (κ2) is 6.28. The lowest BCUT2D eigenvalue weighted by molar-refractivity contribution is 0.535. The molecule has 0 radical (unpaired) electrons. The topological polar surface area (TPSA) is 50.9 Å². The smallest absolute Gasteiger partial charge is 0.128 e. The number of rotatable bonds is 6. The molecule has 1 aromatic rings. The van der Waals surface area contributed by atoms with Crippen molar-refractivity contribution in [1.82, 2.24) is 10.3 Å². The van der Waals surface area contributed by atoms with Gasteiger partial charge in [-0.05, 0) is 37.9 Å². The third-order valence-corrected chi connectivity index (χ3v) is 2.63. The molecule has 0 aliphatic carbocycles. The van der Waals surface area contributed by atoms with Gasteiger partial charge >= 0.3 is 0 Å². The Morgan fingerprint density at radius 3 is 2.94 bits per heavy atom. The Kier molecular flexibility index (Phi) is 4.99. The zero-order valence-electron chi connectivity index (χ0n) is 10.2. The summed E-state index contributed by atoms with van der Waals surface area (Å²) in [5, 5.41) is 3.48. The van der Waals surface area contributed by atoms with Crippen LogP contribution in [0.25, 0.3) is 0 Å². The van der Waals surface area contributed by atoms with Gasteiger partial charge in [0.1, 0.15) is 5.82 Å². The average Bonchev–Trinajstić information content (AvgIpc) is 2.25. The third kappa shape index (κ3) is 3.07. The molecule has 3 nitrogen and oxygen atoms in total. The van der Waals surface area contributed by atoms with Crippen molar-refractivity contribution < 1.29 is 0 Å². The molecule has 0 aromatic carbocycles. The van der Waals surface area contributed by atoms with Crippen LogP contribution in [0.5, 0.6) is 0 Å². The predicted molar refractivity (Wildman–Crippen MR) is 69.2 cm³/mol. The van der Waals surface area contributed by atoms with Crippen molar-refractivity contribution in [1.29, 1.82) is 0 Å². The number of nitrogen functional groups attached to an aromatic ring is 1. The van der Waals surface area contributed by atoms with Gasteiger partial charge in [-0.3, -0.25) is 0 Å². The first-order valence-corrected chi connectivity index (χ1v) is 5.76. The van der Waals surface area contributed by atoms with Crippen LogP contribution in [0, 0.1) is 6.92 Å². The van der Waals surface area contributed by atoms with E-state index in [2.05, 4.69) is 30.7 Å². The number of nitrogens with two attached hydrogens (primary N) is 1. The van der Waals surface area contributed by atoms with E-state index in [1.165, 1.54) is 5.56 Å². The zero-order valence-corrected chi connectivity index (χ0v) is 10.2. The summed E-state index contributed by atoms with van der Waals surface area (Å²) in [6.45, 7) is 8.99. The van der Waals surface area contributed by atoms with Crippen LogP contribution in [0.1, 0.15) is 36.9 Å². The highest BCUT2D eigenvalue weighted by atomic mass is 14.9. The quantitative estimate of drug-likeness (QED) is 0.723. The van der Waals surface area contributed by atoms with Gasteiger partial charge in [0.25, 0.3) is 0 Å². The highest BCUT2D eigenvalue weighted by Gasteiger charge is 2.15. The van der Waals surface area contributed by atoms with Crippen molar-refractivity contribution in [3.8, 4) is 0 Å². The Balaban J connectivity index is 2.94. The number of nitrogens with one attached hydrogen (secondary N) is 1. The molecule has 1 heterocycles. The van der Waals surface area contributed by atoms with Crippen LogP contribution in [-0.4, -0.2) is 11.5 Å².